The molecule has 3 aliphatic heterocycles. The van der Waals surface area contributed by atoms with E-state index in [1.54, 1.807) is 31.4 Å². The Morgan fingerprint density at radius 3 is 2.18 bits per heavy atom. The van der Waals surface area contributed by atoms with E-state index in [0.29, 0.717) is 30.8 Å². The Morgan fingerprint density at radius 1 is 1.00 bits per heavy atom. The van der Waals surface area contributed by atoms with Gasteiger partial charge in [0.05, 0.1) is 11.0 Å². The number of likely N-dealkylation sites (tertiary alicyclic amines) is 2. The number of benzene rings is 1. The van der Waals surface area contributed by atoms with Crippen molar-refractivity contribution in [2.45, 2.75) is 42.7 Å². The Kier molecular flexibility index (Phi) is 5.73. The number of nitrogens with zero attached hydrogens (tertiary/aromatic N) is 3. The monoisotopic (exact) mass is 407 g/mol. The third kappa shape index (κ3) is 3.83. The van der Waals surface area contributed by atoms with E-state index in [1.807, 2.05) is 4.90 Å². The summed E-state index contributed by atoms with van der Waals surface area (Å²) < 4.78 is 32.1. The van der Waals surface area contributed by atoms with Gasteiger partial charge in [-0.05, 0) is 49.9 Å². The maximum absolute atomic E-state index is 12.7. The van der Waals surface area contributed by atoms with Gasteiger partial charge in [-0.3, -0.25) is 9.69 Å². The van der Waals surface area contributed by atoms with Crippen LogP contribution in [0.1, 0.15) is 36.0 Å². The van der Waals surface area contributed by atoms with Crippen LogP contribution in [0.2, 0.25) is 0 Å². The van der Waals surface area contributed by atoms with Gasteiger partial charge in [0.15, 0.2) is 0 Å². The minimum absolute atomic E-state index is 0.0202. The molecular weight excluding hydrogens is 378 g/mol. The molecule has 0 N–H and O–H groups in total. The Labute approximate surface area is 167 Å². The van der Waals surface area contributed by atoms with Crippen molar-refractivity contribution in [1.29, 1.82) is 0 Å². The van der Waals surface area contributed by atoms with Gasteiger partial charge >= 0.3 is 0 Å². The molecule has 7 nitrogen and oxygen atoms in total. The van der Waals surface area contributed by atoms with Crippen molar-refractivity contribution in [1.82, 2.24) is 14.1 Å². The predicted molar refractivity (Wildman–Crippen MR) is 106 cm³/mol. The number of rotatable bonds is 5. The lowest BCUT2D eigenvalue weighted by molar-refractivity contribution is -0.0119. The lowest BCUT2D eigenvalue weighted by Crippen LogP contribution is -2.62. The van der Waals surface area contributed by atoms with E-state index in [0.717, 1.165) is 51.9 Å². The summed E-state index contributed by atoms with van der Waals surface area (Å²) in [5.74, 6) is -0.0202. The summed E-state index contributed by atoms with van der Waals surface area (Å²) >= 11 is 0. The van der Waals surface area contributed by atoms with E-state index in [1.165, 1.54) is 4.31 Å². The third-order valence-electron chi connectivity index (χ3n) is 6.28. The average Bonchev–Trinajstić information content (AvgIpc) is 3.23. The molecule has 0 aliphatic carbocycles. The minimum atomic E-state index is -3.43. The second-order valence-corrected chi connectivity index (χ2v) is 9.91. The van der Waals surface area contributed by atoms with Crippen LogP contribution in [-0.2, 0) is 14.8 Å². The standard InChI is InChI=1S/C20H29N3O4S/c1-27-18-8-12-21(13-9-18)17-14-22(15-17)20(24)16-4-6-19(7-5-16)28(25,26)23-10-2-3-11-23/h4-7,17-18H,2-3,8-15H2,1H3. The molecule has 0 saturated carbocycles. The molecule has 154 valence electrons. The summed E-state index contributed by atoms with van der Waals surface area (Å²) in [6.45, 7) is 4.69. The van der Waals surface area contributed by atoms with Crippen molar-refractivity contribution in [3.05, 3.63) is 29.8 Å². The number of methoxy groups -OCH3 is 1. The minimum Gasteiger partial charge on any atom is -0.381 e. The van der Waals surface area contributed by atoms with Crippen molar-refractivity contribution >= 4 is 15.9 Å². The highest BCUT2D eigenvalue weighted by Crippen LogP contribution is 2.24. The lowest BCUT2D eigenvalue weighted by atomic mass is 10.00. The van der Waals surface area contributed by atoms with Crippen molar-refractivity contribution < 1.29 is 17.9 Å². The van der Waals surface area contributed by atoms with E-state index in [-0.39, 0.29) is 10.8 Å². The molecule has 0 aromatic heterocycles. The normalized spacial score (nSPS) is 23.1. The number of sulfonamides is 1. The van der Waals surface area contributed by atoms with Gasteiger partial charge in [0, 0.05) is 58.0 Å². The number of hydrogen-bond donors (Lipinski definition) is 0. The van der Waals surface area contributed by atoms with Crippen molar-refractivity contribution in [3.63, 3.8) is 0 Å². The average molecular weight is 408 g/mol. The smallest absolute Gasteiger partial charge is 0.253 e. The van der Waals surface area contributed by atoms with Crippen LogP contribution in [0.25, 0.3) is 0 Å². The van der Waals surface area contributed by atoms with Crippen LogP contribution in [0.5, 0.6) is 0 Å². The summed E-state index contributed by atoms with van der Waals surface area (Å²) in [5.41, 5.74) is 0.553. The first-order chi connectivity index (χ1) is 13.5. The van der Waals surface area contributed by atoms with Gasteiger partial charge in [-0.2, -0.15) is 4.31 Å². The molecule has 28 heavy (non-hydrogen) atoms. The molecular formula is C20H29N3O4S. The van der Waals surface area contributed by atoms with Gasteiger partial charge in [-0.15, -0.1) is 0 Å². The maximum atomic E-state index is 12.7. The zero-order chi connectivity index (χ0) is 19.7. The second-order valence-electron chi connectivity index (χ2n) is 7.97. The first-order valence-electron chi connectivity index (χ1n) is 10.2. The van der Waals surface area contributed by atoms with Gasteiger partial charge in [0.1, 0.15) is 0 Å². The van der Waals surface area contributed by atoms with Crippen molar-refractivity contribution in [2.24, 2.45) is 0 Å². The Bertz CT molecular complexity index is 791. The quantitative estimate of drug-likeness (QED) is 0.738. The number of hydrogen-bond acceptors (Lipinski definition) is 5. The largest absolute Gasteiger partial charge is 0.381 e. The molecule has 0 unspecified atom stereocenters. The third-order valence-corrected chi connectivity index (χ3v) is 8.19. The molecule has 8 heteroatoms. The van der Waals surface area contributed by atoms with E-state index >= 15 is 0 Å². The van der Waals surface area contributed by atoms with E-state index in [9.17, 15) is 13.2 Å². The van der Waals surface area contributed by atoms with E-state index in [4.69, 9.17) is 4.74 Å². The van der Waals surface area contributed by atoms with Crippen molar-refractivity contribution in [3.8, 4) is 0 Å². The van der Waals surface area contributed by atoms with Crippen LogP contribution in [-0.4, -0.2) is 87.0 Å². The maximum Gasteiger partial charge on any atom is 0.253 e. The van der Waals surface area contributed by atoms with Gasteiger partial charge in [0.2, 0.25) is 10.0 Å². The molecule has 3 aliphatic rings. The zero-order valence-electron chi connectivity index (χ0n) is 16.4. The van der Waals surface area contributed by atoms with Crippen LogP contribution >= 0.6 is 0 Å². The molecule has 0 bridgehead atoms. The van der Waals surface area contributed by atoms with Crippen LogP contribution < -0.4 is 0 Å². The number of carbonyl (C=O) groups excluding carboxylic acids is 1. The highest BCUT2D eigenvalue weighted by Gasteiger charge is 2.36. The number of ether oxygens (including phenoxy) is 1. The lowest BCUT2D eigenvalue weighted by Gasteiger charge is -2.47. The molecule has 0 spiro atoms. The second kappa shape index (κ2) is 8.10. The summed E-state index contributed by atoms with van der Waals surface area (Å²) in [4.78, 5) is 17.3. The highest BCUT2D eigenvalue weighted by molar-refractivity contribution is 7.89. The number of carbonyl (C=O) groups is 1. The predicted octanol–water partition coefficient (Wildman–Crippen LogP) is 1.41. The fourth-order valence-corrected chi connectivity index (χ4v) is 5.88. The van der Waals surface area contributed by atoms with Gasteiger partial charge in [0.25, 0.3) is 5.91 Å². The van der Waals surface area contributed by atoms with Crippen LogP contribution in [0.4, 0.5) is 0 Å². The van der Waals surface area contributed by atoms with Crippen molar-refractivity contribution in [2.75, 3.05) is 46.4 Å². The molecule has 3 heterocycles. The summed E-state index contributed by atoms with van der Waals surface area (Å²) in [6.07, 6.45) is 4.29. The molecule has 0 radical (unpaired) electrons. The summed E-state index contributed by atoms with van der Waals surface area (Å²) in [5, 5.41) is 0. The SMILES string of the molecule is COC1CCN(C2CN(C(=O)c3ccc(S(=O)(=O)N4CCCC4)cc3)C2)CC1. The first kappa shape index (κ1) is 19.8. The fourth-order valence-electron chi connectivity index (χ4n) is 4.36. The molecule has 4 rings (SSSR count). The Balaban J connectivity index is 1.32. The first-order valence-corrected chi connectivity index (χ1v) is 11.6. The van der Waals surface area contributed by atoms with Crippen LogP contribution in [0.15, 0.2) is 29.2 Å². The van der Waals surface area contributed by atoms with Gasteiger partial charge in [-0.1, -0.05) is 0 Å². The van der Waals surface area contributed by atoms with E-state index < -0.39 is 10.0 Å². The molecule has 1 amide bonds. The van der Waals surface area contributed by atoms with Crippen LogP contribution in [0.3, 0.4) is 0 Å². The van der Waals surface area contributed by atoms with E-state index in [2.05, 4.69) is 4.90 Å². The molecule has 0 atom stereocenters. The zero-order valence-corrected chi connectivity index (χ0v) is 17.2. The Morgan fingerprint density at radius 2 is 1.61 bits per heavy atom. The molecule has 3 saturated heterocycles. The Hall–Kier alpha value is -1.48. The molecule has 1 aromatic rings. The fraction of sp³-hybridized carbons (Fsp3) is 0.650. The van der Waals surface area contributed by atoms with Crippen LogP contribution in [0, 0.1) is 0 Å². The molecule has 3 fully saturated rings. The number of amides is 1. The van der Waals surface area contributed by atoms with Gasteiger partial charge in [-0.25, -0.2) is 8.42 Å². The topological polar surface area (TPSA) is 70.2 Å². The highest BCUT2D eigenvalue weighted by atomic mass is 32.2. The van der Waals surface area contributed by atoms with Gasteiger partial charge < -0.3 is 9.64 Å². The molecule has 1 aromatic carbocycles. The number of piperidine rings is 1. The summed E-state index contributed by atoms with van der Waals surface area (Å²) in [6, 6.07) is 6.84. The summed E-state index contributed by atoms with van der Waals surface area (Å²) in [7, 11) is -1.66.